The summed E-state index contributed by atoms with van der Waals surface area (Å²) in [5.74, 6) is 0.844. The molecule has 0 atom stereocenters. The fraction of sp³-hybridized carbons (Fsp3) is 0.316. The van der Waals surface area contributed by atoms with Crippen molar-refractivity contribution in [3.05, 3.63) is 65.2 Å². The first-order valence-corrected chi connectivity index (χ1v) is 7.41. The maximum atomic E-state index is 12.0. The third kappa shape index (κ3) is 4.45. The fourth-order valence-corrected chi connectivity index (χ4v) is 2.23. The largest absolute Gasteiger partial charge is 0.426 e. The molecule has 0 radical (unpaired) electrons. The minimum Gasteiger partial charge on any atom is -0.426 e. The molecule has 2 heteroatoms. The Morgan fingerprint density at radius 1 is 1.05 bits per heavy atom. The van der Waals surface area contributed by atoms with Crippen molar-refractivity contribution >= 4 is 5.97 Å². The van der Waals surface area contributed by atoms with E-state index in [4.69, 9.17) is 4.74 Å². The summed E-state index contributed by atoms with van der Waals surface area (Å²) in [6.45, 7) is 6.25. The van der Waals surface area contributed by atoms with Crippen LogP contribution < -0.4 is 4.74 Å². The third-order valence-corrected chi connectivity index (χ3v) is 3.50. The van der Waals surface area contributed by atoms with Crippen LogP contribution in [0.5, 0.6) is 5.75 Å². The molecule has 0 spiro atoms. The quantitative estimate of drug-likeness (QED) is 0.589. The first-order chi connectivity index (χ1) is 10.1. The molecule has 0 aliphatic heterocycles. The van der Waals surface area contributed by atoms with Crippen LogP contribution >= 0.6 is 0 Å². The first kappa shape index (κ1) is 15.3. The molecule has 0 aliphatic carbocycles. The van der Waals surface area contributed by atoms with E-state index in [0.717, 1.165) is 11.1 Å². The summed E-state index contributed by atoms with van der Waals surface area (Å²) in [5.41, 5.74) is 3.46. The van der Waals surface area contributed by atoms with Crippen LogP contribution in [0.1, 0.15) is 42.9 Å². The van der Waals surface area contributed by atoms with E-state index in [2.05, 4.69) is 45.0 Å². The zero-order chi connectivity index (χ0) is 15.2. The number of para-hydroxylation sites is 1. The van der Waals surface area contributed by atoms with Crippen LogP contribution in [0.2, 0.25) is 0 Å². The highest BCUT2D eigenvalue weighted by Crippen LogP contribution is 2.26. The van der Waals surface area contributed by atoms with Crippen LogP contribution in [0.4, 0.5) is 0 Å². The van der Waals surface area contributed by atoms with E-state index in [-0.39, 0.29) is 5.97 Å². The van der Waals surface area contributed by atoms with E-state index in [1.807, 2.05) is 24.3 Å². The average molecular weight is 282 g/mol. The second-order valence-corrected chi connectivity index (χ2v) is 5.65. The summed E-state index contributed by atoms with van der Waals surface area (Å²) in [6, 6.07) is 16.0. The second-order valence-electron chi connectivity index (χ2n) is 5.65. The molecular weight excluding hydrogens is 260 g/mol. The topological polar surface area (TPSA) is 26.3 Å². The molecule has 0 aromatic heterocycles. The number of hydrogen-bond acceptors (Lipinski definition) is 2. The van der Waals surface area contributed by atoms with Gasteiger partial charge in [0.05, 0.1) is 0 Å². The fourth-order valence-electron chi connectivity index (χ4n) is 2.23. The number of benzene rings is 2. The SMILES string of the molecule is Cc1ccc(CCC(=O)Oc2ccccc2C(C)C)cc1. The van der Waals surface area contributed by atoms with Gasteiger partial charge >= 0.3 is 5.97 Å². The monoisotopic (exact) mass is 282 g/mol. The number of aryl methyl sites for hydroxylation is 2. The van der Waals surface area contributed by atoms with Crippen molar-refractivity contribution in [3.63, 3.8) is 0 Å². The molecule has 21 heavy (non-hydrogen) atoms. The van der Waals surface area contributed by atoms with Gasteiger partial charge in [0, 0.05) is 6.42 Å². The number of ether oxygens (including phenoxy) is 1. The van der Waals surface area contributed by atoms with Gasteiger partial charge in [0.15, 0.2) is 0 Å². The lowest BCUT2D eigenvalue weighted by Gasteiger charge is -2.12. The number of esters is 1. The molecule has 0 unspecified atom stereocenters. The highest BCUT2D eigenvalue weighted by Gasteiger charge is 2.11. The summed E-state index contributed by atoms with van der Waals surface area (Å²) >= 11 is 0. The molecule has 0 fully saturated rings. The van der Waals surface area contributed by atoms with E-state index in [9.17, 15) is 4.79 Å². The van der Waals surface area contributed by atoms with E-state index in [1.165, 1.54) is 5.56 Å². The molecule has 2 nitrogen and oxygen atoms in total. The Labute approximate surface area is 126 Å². The molecule has 2 rings (SSSR count). The Morgan fingerprint density at radius 3 is 2.38 bits per heavy atom. The van der Waals surface area contributed by atoms with Crippen LogP contribution in [-0.4, -0.2) is 5.97 Å². The number of carbonyl (C=O) groups is 1. The third-order valence-electron chi connectivity index (χ3n) is 3.50. The molecule has 0 bridgehead atoms. The van der Waals surface area contributed by atoms with Gasteiger partial charge in [0.25, 0.3) is 0 Å². The highest BCUT2D eigenvalue weighted by atomic mass is 16.5. The second kappa shape index (κ2) is 7.07. The van der Waals surface area contributed by atoms with Crippen molar-refractivity contribution < 1.29 is 9.53 Å². The standard InChI is InChI=1S/C19H22O2/c1-14(2)17-6-4-5-7-18(17)21-19(20)13-12-16-10-8-15(3)9-11-16/h4-11,14H,12-13H2,1-3H3. The van der Waals surface area contributed by atoms with Crippen LogP contribution in [0.25, 0.3) is 0 Å². The van der Waals surface area contributed by atoms with E-state index in [1.54, 1.807) is 0 Å². The van der Waals surface area contributed by atoms with Crippen LogP contribution in [0.3, 0.4) is 0 Å². The van der Waals surface area contributed by atoms with Gasteiger partial charge in [-0.2, -0.15) is 0 Å². The normalized spacial score (nSPS) is 10.7. The summed E-state index contributed by atoms with van der Waals surface area (Å²) in [6.07, 6.45) is 1.11. The molecule has 0 saturated heterocycles. The Bertz CT molecular complexity index is 597. The Kier molecular flexibility index (Phi) is 5.15. The van der Waals surface area contributed by atoms with Gasteiger partial charge in [0.2, 0.25) is 0 Å². The molecule has 0 saturated carbocycles. The van der Waals surface area contributed by atoms with E-state index < -0.39 is 0 Å². The maximum Gasteiger partial charge on any atom is 0.311 e. The van der Waals surface area contributed by atoms with Crippen molar-refractivity contribution in [2.24, 2.45) is 0 Å². The van der Waals surface area contributed by atoms with Crippen LogP contribution in [-0.2, 0) is 11.2 Å². The lowest BCUT2D eigenvalue weighted by molar-refractivity contribution is -0.134. The van der Waals surface area contributed by atoms with Gasteiger partial charge in [-0.15, -0.1) is 0 Å². The van der Waals surface area contributed by atoms with Crippen LogP contribution in [0, 0.1) is 6.92 Å². The predicted octanol–water partition coefficient (Wildman–Crippen LogP) is 4.66. The van der Waals surface area contributed by atoms with Gasteiger partial charge < -0.3 is 4.74 Å². The number of carbonyl (C=O) groups excluding carboxylic acids is 1. The van der Waals surface area contributed by atoms with Gasteiger partial charge in [-0.25, -0.2) is 0 Å². The number of hydrogen-bond donors (Lipinski definition) is 0. The molecule has 2 aromatic carbocycles. The molecule has 0 heterocycles. The highest BCUT2D eigenvalue weighted by molar-refractivity contribution is 5.73. The van der Waals surface area contributed by atoms with Crippen molar-refractivity contribution in [1.82, 2.24) is 0 Å². The minimum atomic E-state index is -0.177. The molecule has 110 valence electrons. The first-order valence-electron chi connectivity index (χ1n) is 7.41. The Morgan fingerprint density at radius 2 is 1.71 bits per heavy atom. The van der Waals surface area contributed by atoms with Crippen molar-refractivity contribution in [2.75, 3.05) is 0 Å². The Hall–Kier alpha value is -2.09. The summed E-state index contributed by atoms with van der Waals surface area (Å²) in [7, 11) is 0. The summed E-state index contributed by atoms with van der Waals surface area (Å²) < 4.78 is 5.51. The van der Waals surface area contributed by atoms with Gasteiger partial charge in [0.1, 0.15) is 5.75 Å². The smallest absolute Gasteiger partial charge is 0.311 e. The average Bonchev–Trinajstić information content (AvgIpc) is 2.47. The molecule has 0 aliphatic rings. The van der Waals surface area contributed by atoms with Gasteiger partial charge in [-0.3, -0.25) is 4.79 Å². The predicted molar refractivity (Wildman–Crippen MR) is 85.7 cm³/mol. The zero-order valence-corrected chi connectivity index (χ0v) is 12.9. The lowest BCUT2D eigenvalue weighted by atomic mass is 10.0. The molecular formula is C19H22O2. The summed E-state index contributed by atoms with van der Waals surface area (Å²) in [4.78, 5) is 12.0. The lowest BCUT2D eigenvalue weighted by Crippen LogP contribution is -2.10. The summed E-state index contributed by atoms with van der Waals surface area (Å²) in [5, 5.41) is 0. The maximum absolute atomic E-state index is 12.0. The van der Waals surface area contributed by atoms with Crippen molar-refractivity contribution in [1.29, 1.82) is 0 Å². The van der Waals surface area contributed by atoms with Gasteiger partial charge in [-0.1, -0.05) is 61.9 Å². The number of rotatable bonds is 5. The van der Waals surface area contributed by atoms with Crippen molar-refractivity contribution in [2.45, 2.75) is 39.5 Å². The van der Waals surface area contributed by atoms with E-state index in [0.29, 0.717) is 24.5 Å². The zero-order valence-electron chi connectivity index (χ0n) is 12.9. The Balaban J connectivity index is 1.94. The minimum absolute atomic E-state index is 0.177. The van der Waals surface area contributed by atoms with Crippen LogP contribution in [0.15, 0.2) is 48.5 Å². The molecule has 2 aromatic rings. The van der Waals surface area contributed by atoms with Crippen molar-refractivity contribution in [3.8, 4) is 5.75 Å². The van der Waals surface area contributed by atoms with E-state index >= 15 is 0 Å². The molecule has 0 N–H and O–H groups in total. The van der Waals surface area contributed by atoms with Gasteiger partial charge in [-0.05, 0) is 36.5 Å². The molecule has 0 amide bonds.